The second-order valence-electron chi connectivity index (χ2n) is 4.10. The highest BCUT2D eigenvalue weighted by Crippen LogP contribution is 2.21. The molecule has 0 unspecified atom stereocenters. The predicted molar refractivity (Wildman–Crippen MR) is 67.3 cm³/mol. The lowest BCUT2D eigenvalue weighted by molar-refractivity contribution is 0.105. The molecule has 0 aliphatic carbocycles. The summed E-state index contributed by atoms with van der Waals surface area (Å²) in [5, 5.41) is 0. The van der Waals surface area contributed by atoms with Crippen LogP contribution in [0.15, 0.2) is 24.3 Å². The highest BCUT2D eigenvalue weighted by atomic mass is 32.1. The van der Waals surface area contributed by atoms with Crippen LogP contribution in [0.3, 0.4) is 0 Å². The number of thiocarbonyl (C=S) groups is 1. The van der Waals surface area contributed by atoms with E-state index in [9.17, 15) is 0 Å². The maximum Gasteiger partial charge on any atom is 0.120 e. The second-order valence-corrected chi connectivity index (χ2v) is 4.54. The lowest BCUT2D eigenvalue weighted by Gasteiger charge is -2.24. The van der Waals surface area contributed by atoms with Crippen LogP contribution in [0.5, 0.6) is 5.75 Å². The molecule has 82 valence electrons. The van der Waals surface area contributed by atoms with Crippen LogP contribution in [0.1, 0.15) is 32.8 Å². The first-order chi connectivity index (χ1) is 6.94. The lowest BCUT2D eigenvalue weighted by atomic mass is 10.1. The van der Waals surface area contributed by atoms with E-state index in [1.165, 1.54) is 0 Å². The Hall–Kier alpha value is -1.09. The van der Waals surface area contributed by atoms with Gasteiger partial charge in [-0.1, -0.05) is 19.1 Å². The normalized spacial score (nSPS) is 11.1. The van der Waals surface area contributed by atoms with Crippen LogP contribution in [0.2, 0.25) is 0 Å². The first-order valence-corrected chi connectivity index (χ1v) is 5.44. The van der Waals surface area contributed by atoms with Gasteiger partial charge in [-0.25, -0.2) is 0 Å². The van der Waals surface area contributed by atoms with Crippen molar-refractivity contribution in [1.29, 1.82) is 0 Å². The molecule has 1 aromatic carbocycles. The minimum Gasteiger partial charge on any atom is -0.488 e. The van der Waals surface area contributed by atoms with Gasteiger partial charge in [0.25, 0.3) is 0 Å². The average molecular weight is 223 g/mol. The monoisotopic (exact) mass is 223 g/mol. The molecule has 0 bridgehead atoms. The van der Waals surface area contributed by atoms with Crippen molar-refractivity contribution in [2.75, 3.05) is 0 Å². The third kappa shape index (κ3) is 3.51. The van der Waals surface area contributed by atoms with Crippen molar-refractivity contribution < 1.29 is 4.74 Å². The van der Waals surface area contributed by atoms with Gasteiger partial charge in [0.05, 0.1) is 0 Å². The molecule has 0 aliphatic rings. The Balaban J connectivity index is 2.77. The SMILES string of the molecule is CCC(C)(C)Oc1ccc(C(N)=S)cc1. The largest absolute Gasteiger partial charge is 0.488 e. The van der Waals surface area contributed by atoms with Crippen molar-refractivity contribution in [1.82, 2.24) is 0 Å². The van der Waals surface area contributed by atoms with Gasteiger partial charge in [-0.3, -0.25) is 0 Å². The molecule has 0 atom stereocenters. The number of hydrogen-bond acceptors (Lipinski definition) is 2. The quantitative estimate of drug-likeness (QED) is 0.797. The van der Waals surface area contributed by atoms with E-state index < -0.39 is 0 Å². The number of benzene rings is 1. The Kier molecular flexibility index (Phi) is 3.69. The van der Waals surface area contributed by atoms with Crippen LogP contribution >= 0.6 is 12.2 Å². The second kappa shape index (κ2) is 4.62. The van der Waals surface area contributed by atoms with Crippen molar-refractivity contribution in [3.8, 4) is 5.75 Å². The molecule has 0 aromatic heterocycles. The van der Waals surface area contributed by atoms with Crippen molar-refractivity contribution in [3.63, 3.8) is 0 Å². The third-order valence-electron chi connectivity index (χ3n) is 2.38. The predicted octanol–water partition coefficient (Wildman–Crippen LogP) is 2.89. The van der Waals surface area contributed by atoms with E-state index in [0.29, 0.717) is 4.99 Å². The molecule has 3 heteroatoms. The van der Waals surface area contributed by atoms with Crippen molar-refractivity contribution in [2.24, 2.45) is 5.73 Å². The van der Waals surface area contributed by atoms with E-state index in [-0.39, 0.29) is 5.60 Å². The van der Waals surface area contributed by atoms with Gasteiger partial charge in [0, 0.05) is 5.56 Å². The summed E-state index contributed by atoms with van der Waals surface area (Å²) in [6.45, 7) is 6.23. The molecular formula is C12H17NOS. The molecule has 0 spiro atoms. The van der Waals surface area contributed by atoms with Crippen molar-refractivity contribution in [2.45, 2.75) is 32.8 Å². The number of hydrogen-bond donors (Lipinski definition) is 1. The summed E-state index contributed by atoms with van der Waals surface area (Å²) in [7, 11) is 0. The van der Waals surface area contributed by atoms with Crippen molar-refractivity contribution in [3.05, 3.63) is 29.8 Å². The van der Waals surface area contributed by atoms with E-state index >= 15 is 0 Å². The maximum atomic E-state index is 5.80. The van der Waals surface area contributed by atoms with E-state index in [1.807, 2.05) is 24.3 Å². The molecule has 2 N–H and O–H groups in total. The molecular weight excluding hydrogens is 206 g/mol. The van der Waals surface area contributed by atoms with E-state index in [0.717, 1.165) is 17.7 Å². The molecule has 15 heavy (non-hydrogen) atoms. The smallest absolute Gasteiger partial charge is 0.120 e. The highest BCUT2D eigenvalue weighted by molar-refractivity contribution is 7.80. The molecule has 0 saturated heterocycles. The Morgan fingerprint density at radius 3 is 2.27 bits per heavy atom. The van der Waals surface area contributed by atoms with Gasteiger partial charge in [0.2, 0.25) is 0 Å². The fraction of sp³-hybridized carbons (Fsp3) is 0.417. The Morgan fingerprint density at radius 2 is 1.87 bits per heavy atom. The van der Waals surface area contributed by atoms with E-state index in [1.54, 1.807) is 0 Å². The van der Waals surface area contributed by atoms with Gasteiger partial charge in [-0.15, -0.1) is 0 Å². The highest BCUT2D eigenvalue weighted by Gasteiger charge is 2.16. The summed E-state index contributed by atoms with van der Waals surface area (Å²) in [4.78, 5) is 0.413. The zero-order valence-corrected chi connectivity index (χ0v) is 10.2. The van der Waals surface area contributed by atoms with Crippen LogP contribution in [0.4, 0.5) is 0 Å². The summed E-state index contributed by atoms with van der Waals surface area (Å²) in [5.74, 6) is 0.849. The molecule has 1 aromatic rings. The fourth-order valence-corrected chi connectivity index (χ4v) is 1.21. The molecule has 0 radical (unpaired) electrons. The summed E-state index contributed by atoms with van der Waals surface area (Å²) < 4.78 is 5.80. The van der Waals surface area contributed by atoms with Gasteiger partial charge >= 0.3 is 0 Å². The first-order valence-electron chi connectivity index (χ1n) is 5.03. The summed E-state index contributed by atoms with van der Waals surface area (Å²) in [5.41, 5.74) is 6.24. The topological polar surface area (TPSA) is 35.2 Å². The summed E-state index contributed by atoms with van der Waals surface area (Å²) >= 11 is 4.87. The standard InChI is InChI=1S/C12H17NOS/c1-4-12(2,3)14-10-7-5-9(6-8-10)11(13)15/h5-8H,4H2,1-3H3,(H2,13,15). The molecule has 0 fully saturated rings. The Bertz CT molecular complexity index is 343. The van der Waals surface area contributed by atoms with Gasteiger partial charge < -0.3 is 10.5 Å². The fourth-order valence-electron chi connectivity index (χ4n) is 1.08. The van der Waals surface area contributed by atoms with E-state index in [4.69, 9.17) is 22.7 Å². The Morgan fingerprint density at radius 1 is 1.33 bits per heavy atom. The molecule has 0 saturated carbocycles. The summed E-state index contributed by atoms with van der Waals surface area (Å²) in [6.07, 6.45) is 0.962. The van der Waals surface area contributed by atoms with Crippen LogP contribution < -0.4 is 10.5 Å². The minimum absolute atomic E-state index is 0.134. The molecule has 0 aliphatic heterocycles. The summed E-state index contributed by atoms with van der Waals surface area (Å²) in [6, 6.07) is 7.55. The van der Waals surface area contributed by atoms with Crippen LogP contribution in [-0.2, 0) is 0 Å². The van der Waals surface area contributed by atoms with Gasteiger partial charge in [-0.05, 0) is 44.5 Å². The molecule has 0 heterocycles. The third-order valence-corrected chi connectivity index (χ3v) is 2.62. The average Bonchev–Trinajstić information content (AvgIpc) is 2.18. The minimum atomic E-state index is -0.134. The van der Waals surface area contributed by atoms with Gasteiger partial charge in [-0.2, -0.15) is 0 Å². The molecule has 1 rings (SSSR count). The zero-order valence-electron chi connectivity index (χ0n) is 9.41. The molecule has 0 amide bonds. The zero-order chi connectivity index (χ0) is 11.5. The van der Waals surface area contributed by atoms with Crippen LogP contribution in [0, 0.1) is 0 Å². The van der Waals surface area contributed by atoms with E-state index in [2.05, 4.69) is 20.8 Å². The number of rotatable bonds is 4. The van der Waals surface area contributed by atoms with Gasteiger partial charge in [0.1, 0.15) is 16.3 Å². The number of ether oxygens (including phenoxy) is 1. The van der Waals surface area contributed by atoms with Crippen LogP contribution in [-0.4, -0.2) is 10.6 Å². The van der Waals surface area contributed by atoms with Gasteiger partial charge in [0.15, 0.2) is 0 Å². The van der Waals surface area contributed by atoms with Crippen LogP contribution in [0.25, 0.3) is 0 Å². The maximum absolute atomic E-state index is 5.80. The number of nitrogens with two attached hydrogens (primary N) is 1. The van der Waals surface area contributed by atoms with Crippen molar-refractivity contribution >= 4 is 17.2 Å². The first kappa shape index (κ1) is 12.0. The molecule has 2 nitrogen and oxygen atoms in total. The lowest BCUT2D eigenvalue weighted by Crippen LogP contribution is -2.26. The Labute approximate surface area is 96.4 Å².